The highest BCUT2D eigenvalue weighted by Gasteiger charge is 2.43. The van der Waals surface area contributed by atoms with Gasteiger partial charge >= 0.3 is 0 Å². The third-order valence-electron chi connectivity index (χ3n) is 3.85. The molecule has 3 rings (SSSR count). The van der Waals surface area contributed by atoms with Gasteiger partial charge in [-0.2, -0.15) is 0 Å². The molecule has 4 nitrogen and oxygen atoms in total. The molecule has 1 saturated carbocycles. The van der Waals surface area contributed by atoms with Crippen LogP contribution in [0, 0.1) is 5.41 Å². The Morgan fingerprint density at radius 2 is 1.95 bits per heavy atom. The molecular formula is C14H19NO3S. The van der Waals surface area contributed by atoms with E-state index in [1.807, 2.05) is 18.2 Å². The van der Waals surface area contributed by atoms with E-state index in [0.717, 1.165) is 29.9 Å². The maximum Gasteiger partial charge on any atom is 0.162 e. The van der Waals surface area contributed by atoms with Crippen LogP contribution in [0.5, 0.6) is 11.5 Å². The summed E-state index contributed by atoms with van der Waals surface area (Å²) in [5, 5.41) is 0. The van der Waals surface area contributed by atoms with Crippen molar-refractivity contribution in [1.82, 2.24) is 0 Å². The Balaban J connectivity index is 1.73. The highest BCUT2D eigenvalue weighted by Crippen LogP contribution is 2.49. The Morgan fingerprint density at radius 1 is 1.21 bits per heavy atom. The van der Waals surface area contributed by atoms with Crippen molar-refractivity contribution in [3.8, 4) is 11.5 Å². The molecule has 0 bridgehead atoms. The Kier molecular flexibility index (Phi) is 3.50. The molecule has 1 aliphatic heterocycles. The molecule has 0 spiro atoms. The van der Waals surface area contributed by atoms with Gasteiger partial charge in [-0.3, -0.25) is 4.21 Å². The SMILES string of the molecule is NCCC1(CS(=O)c2ccc3c(c2)OCCO3)CC1. The number of benzene rings is 1. The Morgan fingerprint density at radius 3 is 2.63 bits per heavy atom. The van der Waals surface area contributed by atoms with Gasteiger partial charge < -0.3 is 15.2 Å². The number of nitrogens with two attached hydrogens (primary N) is 1. The van der Waals surface area contributed by atoms with Crippen molar-refractivity contribution in [3.05, 3.63) is 18.2 Å². The van der Waals surface area contributed by atoms with Gasteiger partial charge in [-0.15, -0.1) is 0 Å². The Labute approximate surface area is 115 Å². The van der Waals surface area contributed by atoms with E-state index in [-0.39, 0.29) is 5.41 Å². The van der Waals surface area contributed by atoms with E-state index in [2.05, 4.69) is 0 Å². The molecule has 1 aromatic rings. The zero-order valence-electron chi connectivity index (χ0n) is 10.9. The predicted octanol–water partition coefficient (Wildman–Crippen LogP) is 1.69. The first-order chi connectivity index (χ1) is 9.22. The minimum atomic E-state index is -0.981. The van der Waals surface area contributed by atoms with Crippen molar-refractivity contribution in [1.29, 1.82) is 0 Å². The Hall–Kier alpha value is -1.07. The van der Waals surface area contributed by atoms with Crippen LogP contribution in [0.15, 0.2) is 23.1 Å². The summed E-state index contributed by atoms with van der Waals surface area (Å²) in [6.45, 7) is 1.81. The summed E-state index contributed by atoms with van der Waals surface area (Å²) in [7, 11) is -0.981. The lowest BCUT2D eigenvalue weighted by Crippen LogP contribution is -2.18. The quantitative estimate of drug-likeness (QED) is 0.892. The summed E-state index contributed by atoms with van der Waals surface area (Å²) in [5.41, 5.74) is 5.85. The molecule has 0 radical (unpaired) electrons. The first-order valence-corrected chi connectivity index (χ1v) is 8.02. The highest BCUT2D eigenvalue weighted by atomic mass is 32.2. The molecule has 1 heterocycles. The second-order valence-electron chi connectivity index (χ2n) is 5.33. The van der Waals surface area contributed by atoms with Crippen molar-refractivity contribution in [3.63, 3.8) is 0 Å². The minimum Gasteiger partial charge on any atom is -0.486 e. The topological polar surface area (TPSA) is 61.6 Å². The highest BCUT2D eigenvalue weighted by molar-refractivity contribution is 7.85. The molecule has 19 heavy (non-hydrogen) atoms. The molecule has 0 saturated heterocycles. The average molecular weight is 281 g/mol. The molecule has 1 aliphatic carbocycles. The third kappa shape index (κ3) is 2.77. The smallest absolute Gasteiger partial charge is 0.162 e. The van der Waals surface area contributed by atoms with Gasteiger partial charge in [0.2, 0.25) is 0 Å². The lowest BCUT2D eigenvalue weighted by atomic mass is 10.1. The average Bonchev–Trinajstić information content (AvgIpc) is 3.18. The molecule has 1 unspecified atom stereocenters. The molecule has 1 fully saturated rings. The molecular weight excluding hydrogens is 262 g/mol. The number of hydrogen-bond acceptors (Lipinski definition) is 4. The predicted molar refractivity (Wildman–Crippen MR) is 74.0 cm³/mol. The van der Waals surface area contributed by atoms with E-state index < -0.39 is 10.8 Å². The molecule has 0 amide bonds. The fourth-order valence-electron chi connectivity index (χ4n) is 2.48. The van der Waals surface area contributed by atoms with Crippen molar-refractivity contribution in [2.45, 2.75) is 24.2 Å². The molecule has 0 aromatic heterocycles. The minimum absolute atomic E-state index is 0.229. The standard InChI is InChI=1S/C14H19NO3S/c15-6-5-14(3-4-14)10-19(16)11-1-2-12-13(9-11)18-8-7-17-12/h1-2,9H,3-8,10,15H2. The molecule has 1 aromatic carbocycles. The van der Waals surface area contributed by atoms with Crippen molar-refractivity contribution in [2.75, 3.05) is 25.5 Å². The molecule has 2 N–H and O–H groups in total. The summed E-state index contributed by atoms with van der Waals surface area (Å²) >= 11 is 0. The van der Waals surface area contributed by atoms with Gasteiger partial charge in [-0.25, -0.2) is 0 Å². The second kappa shape index (κ2) is 5.13. The van der Waals surface area contributed by atoms with E-state index in [1.54, 1.807) is 0 Å². The van der Waals surface area contributed by atoms with E-state index in [0.29, 0.717) is 31.3 Å². The molecule has 5 heteroatoms. The van der Waals surface area contributed by atoms with Gasteiger partial charge in [-0.1, -0.05) is 0 Å². The number of ether oxygens (including phenoxy) is 2. The van der Waals surface area contributed by atoms with Crippen LogP contribution in [0.1, 0.15) is 19.3 Å². The number of hydrogen-bond donors (Lipinski definition) is 1. The summed E-state index contributed by atoms with van der Waals surface area (Å²) < 4.78 is 23.4. The van der Waals surface area contributed by atoms with E-state index in [1.165, 1.54) is 0 Å². The van der Waals surface area contributed by atoms with Crippen molar-refractivity contribution < 1.29 is 13.7 Å². The van der Waals surface area contributed by atoms with Gasteiger partial charge in [-0.05, 0) is 43.4 Å². The first-order valence-electron chi connectivity index (χ1n) is 6.71. The van der Waals surface area contributed by atoms with E-state index in [4.69, 9.17) is 15.2 Å². The Bertz CT molecular complexity index is 499. The summed E-state index contributed by atoms with van der Waals surface area (Å²) in [6, 6.07) is 5.58. The fraction of sp³-hybridized carbons (Fsp3) is 0.571. The van der Waals surface area contributed by atoms with Crippen LogP contribution >= 0.6 is 0 Å². The largest absolute Gasteiger partial charge is 0.486 e. The van der Waals surface area contributed by atoms with Crippen LogP contribution in [0.3, 0.4) is 0 Å². The van der Waals surface area contributed by atoms with Crippen LogP contribution in [0.4, 0.5) is 0 Å². The van der Waals surface area contributed by atoms with E-state index in [9.17, 15) is 4.21 Å². The summed E-state index contributed by atoms with van der Waals surface area (Å²) in [4.78, 5) is 0.826. The normalized spacial score (nSPS) is 20.9. The number of fused-ring (bicyclic) bond motifs is 1. The lowest BCUT2D eigenvalue weighted by Gasteiger charge is -2.19. The summed E-state index contributed by atoms with van der Waals surface area (Å²) in [6.07, 6.45) is 3.28. The molecule has 2 aliphatic rings. The van der Waals surface area contributed by atoms with Crippen LogP contribution in [-0.4, -0.2) is 29.7 Å². The lowest BCUT2D eigenvalue weighted by molar-refractivity contribution is 0.171. The van der Waals surface area contributed by atoms with Crippen LogP contribution in [0.25, 0.3) is 0 Å². The molecule has 1 atom stereocenters. The van der Waals surface area contributed by atoms with Gasteiger partial charge in [0, 0.05) is 16.7 Å². The van der Waals surface area contributed by atoms with Crippen LogP contribution < -0.4 is 15.2 Å². The second-order valence-corrected chi connectivity index (χ2v) is 6.79. The zero-order valence-corrected chi connectivity index (χ0v) is 11.7. The van der Waals surface area contributed by atoms with Gasteiger partial charge in [0.1, 0.15) is 13.2 Å². The zero-order chi connectivity index (χ0) is 13.3. The monoisotopic (exact) mass is 281 g/mol. The van der Waals surface area contributed by atoms with Crippen LogP contribution in [-0.2, 0) is 10.8 Å². The molecule has 104 valence electrons. The third-order valence-corrected chi connectivity index (χ3v) is 5.50. The summed E-state index contributed by atoms with van der Waals surface area (Å²) in [5.74, 6) is 2.17. The van der Waals surface area contributed by atoms with Gasteiger partial charge in [0.05, 0.1) is 10.8 Å². The van der Waals surface area contributed by atoms with E-state index >= 15 is 0 Å². The number of rotatable bonds is 5. The first kappa shape index (κ1) is 12.9. The van der Waals surface area contributed by atoms with Gasteiger partial charge in [0.25, 0.3) is 0 Å². The maximum atomic E-state index is 12.4. The fourth-order valence-corrected chi connectivity index (χ4v) is 4.09. The maximum absolute atomic E-state index is 12.4. The van der Waals surface area contributed by atoms with Crippen molar-refractivity contribution >= 4 is 10.8 Å². The van der Waals surface area contributed by atoms with Crippen LogP contribution in [0.2, 0.25) is 0 Å². The van der Waals surface area contributed by atoms with Crippen molar-refractivity contribution in [2.24, 2.45) is 11.1 Å². The van der Waals surface area contributed by atoms with Gasteiger partial charge in [0.15, 0.2) is 11.5 Å².